The van der Waals surface area contributed by atoms with Gasteiger partial charge in [0.05, 0.1) is 17.3 Å². The van der Waals surface area contributed by atoms with Crippen molar-refractivity contribution >= 4 is 40.8 Å². The molecule has 3 rings (SSSR count). The number of carbonyl (C=O) groups excluding carboxylic acids is 3. The molecule has 0 bridgehead atoms. The molecule has 31 heavy (non-hydrogen) atoms. The van der Waals surface area contributed by atoms with Crippen LogP contribution in [0.2, 0.25) is 5.02 Å². The number of rotatable bonds is 5. The van der Waals surface area contributed by atoms with Crippen LogP contribution in [0.4, 0.5) is 16.2 Å². The lowest BCUT2D eigenvalue weighted by Gasteiger charge is -2.32. The molecule has 4 amide bonds. The number of likely N-dealkylation sites (tertiary alicyclic amines) is 1. The van der Waals surface area contributed by atoms with Crippen molar-refractivity contribution in [2.24, 2.45) is 5.92 Å². The second kappa shape index (κ2) is 10.3. The maximum absolute atomic E-state index is 12.9. The number of urea groups is 1. The number of anilines is 2. The van der Waals surface area contributed by atoms with Gasteiger partial charge in [-0.15, -0.1) is 0 Å². The van der Waals surface area contributed by atoms with Crippen LogP contribution in [0.25, 0.3) is 0 Å². The fourth-order valence-electron chi connectivity index (χ4n) is 3.51. The lowest BCUT2D eigenvalue weighted by Crippen LogP contribution is -2.43. The minimum Gasteiger partial charge on any atom is -0.338 e. The maximum atomic E-state index is 12.9. The molecule has 1 aliphatic rings. The van der Waals surface area contributed by atoms with Crippen molar-refractivity contribution in [1.82, 2.24) is 10.2 Å². The lowest BCUT2D eigenvalue weighted by atomic mass is 9.96. The first-order valence-electron chi connectivity index (χ1n) is 10.4. The second-order valence-electron chi connectivity index (χ2n) is 7.89. The predicted molar refractivity (Wildman–Crippen MR) is 122 cm³/mol. The van der Waals surface area contributed by atoms with Gasteiger partial charge in [0.25, 0.3) is 5.91 Å². The van der Waals surface area contributed by atoms with Crippen LogP contribution >= 0.6 is 11.6 Å². The van der Waals surface area contributed by atoms with Crippen LogP contribution in [-0.2, 0) is 4.79 Å². The quantitative estimate of drug-likeness (QED) is 0.642. The molecule has 1 unspecified atom stereocenters. The largest absolute Gasteiger partial charge is 0.338 e. The summed E-state index contributed by atoms with van der Waals surface area (Å²) in [6.07, 6.45) is 1.44. The molecule has 2 aromatic carbocycles. The number of para-hydroxylation sites is 2. The Labute approximate surface area is 187 Å². The van der Waals surface area contributed by atoms with Crippen molar-refractivity contribution in [3.63, 3.8) is 0 Å². The van der Waals surface area contributed by atoms with Crippen molar-refractivity contribution in [2.75, 3.05) is 23.7 Å². The Hall–Kier alpha value is -3.06. The van der Waals surface area contributed by atoms with E-state index in [0.29, 0.717) is 41.5 Å². The van der Waals surface area contributed by atoms with E-state index in [1.807, 2.05) is 13.8 Å². The maximum Gasteiger partial charge on any atom is 0.319 e. The van der Waals surface area contributed by atoms with E-state index in [1.54, 1.807) is 53.4 Å². The molecule has 3 N–H and O–H groups in total. The molecule has 1 aliphatic heterocycles. The minimum atomic E-state index is -0.339. The third kappa shape index (κ3) is 6.21. The van der Waals surface area contributed by atoms with Crippen LogP contribution in [0, 0.1) is 5.92 Å². The van der Waals surface area contributed by atoms with E-state index in [1.165, 1.54) is 0 Å². The van der Waals surface area contributed by atoms with Crippen LogP contribution in [-0.4, -0.2) is 41.9 Å². The van der Waals surface area contributed by atoms with Gasteiger partial charge in [0.1, 0.15) is 0 Å². The molecule has 1 saturated heterocycles. The van der Waals surface area contributed by atoms with Crippen LogP contribution in [0.15, 0.2) is 48.5 Å². The molecule has 1 fully saturated rings. The highest BCUT2D eigenvalue weighted by atomic mass is 35.5. The normalized spacial score (nSPS) is 16.0. The molecule has 1 heterocycles. The van der Waals surface area contributed by atoms with Crippen LogP contribution in [0.1, 0.15) is 37.0 Å². The number of piperidine rings is 1. The molecule has 0 aliphatic carbocycles. The summed E-state index contributed by atoms with van der Waals surface area (Å²) >= 11 is 5.90. The van der Waals surface area contributed by atoms with Gasteiger partial charge >= 0.3 is 6.03 Å². The Bertz CT molecular complexity index is 946. The van der Waals surface area contributed by atoms with E-state index in [-0.39, 0.29) is 29.8 Å². The number of halogens is 1. The lowest BCUT2D eigenvalue weighted by molar-refractivity contribution is -0.121. The second-order valence-corrected chi connectivity index (χ2v) is 8.32. The van der Waals surface area contributed by atoms with Gasteiger partial charge in [0.15, 0.2) is 0 Å². The molecule has 0 spiro atoms. The van der Waals surface area contributed by atoms with E-state index in [0.717, 1.165) is 6.42 Å². The Morgan fingerprint density at radius 3 is 2.29 bits per heavy atom. The van der Waals surface area contributed by atoms with Crippen molar-refractivity contribution < 1.29 is 14.4 Å². The summed E-state index contributed by atoms with van der Waals surface area (Å²) in [5.74, 6) is -0.615. The SMILES string of the molecule is CC(C)NC(=O)Nc1ccccc1NC(=O)C1CCCN(C(=O)c2ccc(Cl)cc2)C1. The van der Waals surface area contributed by atoms with Gasteiger partial charge in [-0.05, 0) is 63.1 Å². The summed E-state index contributed by atoms with van der Waals surface area (Å²) in [5.41, 5.74) is 1.59. The zero-order chi connectivity index (χ0) is 22.4. The standard InChI is InChI=1S/C23H27ClN4O3/c1-15(2)25-23(31)27-20-8-4-3-7-19(20)26-21(29)17-6-5-13-28(14-17)22(30)16-9-11-18(24)12-10-16/h3-4,7-12,15,17H,5-6,13-14H2,1-2H3,(H,26,29)(H2,25,27,31). The molecule has 0 aromatic heterocycles. The molecular formula is C23H27ClN4O3. The molecule has 1 atom stereocenters. The Morgan fingerprint density at radius 1 is 1.00 bits per heavy atom. The van der Waals surface area contributed by atoms with Gasteiger partial charge < -0.3 is 20.9 Å². The zero-order valence-electron chi connectivity index (χ0n) is 17.7. The molecular weight excluding hydrogens is 416 g/mol. The average molecular weight is 443 g/mol. The Kier molecular flexibility index (Phi) is 7.52. The number of nitrogens with one attached hydrogen (secondary N) is 3. The van der Waals surface area contributed by atoms with Crippen molar-refractivity contribution in [1.29, 1.82) is 0 Å². The topological polar surface area (TPSA) is 90.5 Å². The monoisotopic (exact) mass is 442 g/mol. The number of nitrogens with zero attached hydrogens (tertiary/aromatic N) is 1. The Balaban J connectivity index is 1.65. The minimum absolute atomic E-state index is 0.00634. The van der Waals surface area contributed by atoms with E-state index in [4.69, 9.17) is 11.6 Å². The summed E-state index contributed by atoms with van der Waals surface area (Å²) in [4.78, 5) is 39.5. The average Bonchev–Trinajstić information content (AvgIpc) is 2.74. The number of hydrogen-bond acceptors (Lipinski definition) is 3. The third-order valence-electron chi connectivity index (χ3n) is 5.02. The predicted octanol–water partition coefficient (Wildman–Crippen LogP) is 4.36. The van der Waals surface area contributed by atoms with Gasteiger partial charge in [-0.2, -0.15) is 0 Å². The highest BCUT2D eigenvalue weighted by Crippen LogP contribution is 2.25. The van der Waals surface area contributed by atoms with E-state index in [2.05, 4.69) is 16.0 Å². The number of carbonyl (C=O) groups is 3. The smallest absolute Gasteiger partial charge is 0.319 e. The summed E-state index contributed by atoms with van der Waals surface area (Å²) in [6.45, 7) is 4.69. The van der Waals surface area contributed by atoms with E-state index in [9.17, 15) is 14.4 Å². The summed E-state index contributed by atoms with van der Waals surface area (Å²) in [6, 6.07) is 13.4. The molecule has 2 aromatic rings. The first-order chi connectivity index (χ1) is 14.8. The number of amides is 4. The Morgan fingerprint density at radius 2 is 1.65 bits per heavy atom. The first-order valence-corrected chi connectivity index (χ1v) is 10.7. The van der Waals surface area contributed by atoms with Crippen LogP contribution in [0.3, 0.4) is 0 Å². The molecule has 0 radical (unpaired) electrons. The zero-order valence-corrected chi connectivity index (χ0v) is 18.4. The summed E-state index contributed by atoms with van der Waals surface area (Å²) in [7, 11) is 0. The van der Waals surface area contributed by atoms with Gasteiger partial charge in [-0.1, -0.05) is 23.7 Å². The van der Waals surface area contributed by atoms with Crippen molar-refractivity contribution in [3.05, 3.63) is 59.1 Å². The fraction of sp³-hybridized carbons (Fsp3) is 0.348. The van der Waals surface area contributed by atoms with Gasteiger partial charge in [0, 0.05) is 29.7 Å². The summed E-state index contributed by atoms with van der Waals surface area (Å²) < 4.78 is 0. The van der Waals surface area contributed by atoms with Crippen molar-refractivity contribution in [3.8, 4) is 0 Å². The number of hydrogen-bond donors (Lipinski definition) is 3. The van der Waals surface area contributed by atoms with Gasteiger partial charge in [-0.25, -0.2) is 4.79 Å². The number of benzene rings is 2. The van der Waals surface area contributed by atoms with Gasteiger partial charge in [-0.3, -0.25) is 9.59 Å². The molecule has 0 saturated carbocycles. The fourth-order valence-corrected chi connectivity index (χ4v) is 3.63. The highest BCUT2D eigenvalue weighted by molar-refractivity contribution is 6.30. The van der Waals surface area contributed by atoms with Crippen LogP contribution in [0.5, 0.6) is 0 Å². The van der Waals surface area contributed by atoms with Gasteiger partial charge in [0.2, 0.25) is 5.91 Å². The highest BCUT2D eigenvalue weighted by Gasteiger charge is 2.29. The first kappa shape index (κ1) is 22.6. The van der Waals surface area contributed by atoms with Crippen molar-refractivity contribution in [2.45, 2.75) is 32.7 Å². The third-order valence-corrected chi connectivity index (χ3v) is 5.28. The molecule has 7 nitrogen and oxygen atoms in total. The molecule has 164 valence electrons. The molecule has 8 heteroatoms. The van der Waals surface area contributed by atoms with Crippen LogP contribution < -0.4 is 16.0 Å². The van der Waals surface area contributed by atoms with E-state index >= 15 is 0 Å². The summed E-state index contributed by atoms with van der Waals surface area (Å²) in [5, 5.41) is 9.00. The van der Waals surface area contributed by atoms with E-state index < -0.39 is 0 Å².